The fraction of sp³-hybridized carbons (Fsp3) is 0.667. The normalized spacial score (nSPS) is 15.2. The Morgan fingerprint density at radius 3 is 2.30 bits per heavy atom. The van der Waals surface area contributed by atoms with E-state index in [1.165, 1.54) is 80.2 Å². The number of hydrogen-bond acceptors (Lipinski definition) is 4. The molecule has 0 bridgehead atoms. The molecule has 3 nitrogen and oxygen atoms in total. The van der Waals surface area contributed by atoms with E-state index >= 15 is 0 Å². The summed E-state index contributed by atoms with van der Waals surface area (Å²) in [5, 5.41) is 2.18. The van der Waals surface area contributed by atoms with E-state index in [0.29, 0.717) is 12.5 Å². The van der Waals surface area contributed by atoms with E-state index in [9.17, 15) is 4.79 Å². The summed E-state index contributed by atoms with van der Waals surface area (Å²) in [6.07, 6.45) is 20.3. The number of thiophene rings is 1. The topological polar surface area (TPSA) is 29.5 Å². The predicted molar refractivity (Wildman–Crippen MR) is 159 cm³/mol. The van der Waals surface area contributed by atoms with E-state index in [0.717, 1.165) is 57.4 Å². The van der Waals surface area contributed by atoms with Gasteiger partial charge in [0, 0.05) is 23.9 Å². The Labute approximate surface area is 231 Å². The van der Waals surface area contributed by atoms with Crippen LogP contribution in [0.25, 0.3) is 0 Å². The zero-order valence-corrected chi connectivity index (χ0v) is 24.5. The van der Waals surface area contributed by atoms with E-state index in [1.807, 2.05) is 17.4 Å². The number of esters is 1. The lowest BCUT2D eigenvalue weighted by Crippen LogP contribution is -2.41. The summed E-state index contributed by atoms with van der Waals surface area (Å²) in [4.78, 5) is 16.7. The molecule has 1 aliphatic rings. The lowest BCUT2D eigenvalue weighted by molar-refractivity contribution is -0.134. The molecule has 0 aliphatic heterocycles. The first-order valence-electron chi connectivity index (χ1n) is 15.3. The molecule has 1 aliphatic carbocycles. The maximum absolute atomic E-state index is 12.6. The second kappa shape index (κ2) is 17.8. The summed E-state index contributed by atoms with van der Waals surface area (Å²) in [5.74, 6) is 0.750. The maximum atomic E-state index is 12.6. The molecule has 1 atom stereocenters. The molecule has 1 aromatic heterocycles. The van der Waals surface area contributed by atoms with Gasteiger partial charge in [0.05, 0.1) is 0 Å². The number of carbonyl (C=O) groups is 1. The van der Waals surface area contributed by atoms with Gasteiger partial charge in [0.25, 0.3) is 0 Å². The van der Waals surface area contributed by atoms with Crippen molar-refractivity contribution in [2.45, 2.75) is 129 Å². The highest BCUT2D eigenvalue weighted by Crippen LogP contribution is 2.32. The number of ether oxygens (including phenoxy) is 1. The average molecular weight is 526 g/mol. The van der Waals surface area contributed by atoms with Crippen molar-refractivity contribution in [2.24, 2.45) is 0 Å². The van der Waals surface area contributed by atoms with E-state index in [1.54, 1.807) is 0 Å². The molecule has 206 valence electrons. The van der Waals surface area contributed by atoms with E-state index in [-0.39, 0.29) is 5.97 Å². The van der Waals surface area contributed by atoms with Crippen molar-refractivity contribution < 1.29 is 9.53 Å². The lowest BCUT2D eigenvalue weighted by atomic mass is 9.86. The van der Waals surface area contributed by atoms with Crippen LogP contribution in [0.3, 0.4) is 0 Å². The Balaban J connectivity index is 1.37. The van der Waals surface area contributed by atoms with Crippen LogP contribution in [-0.4, -0.2) is 30.0 Å². The largest absolute Gasteiger partial charge is 0.426 e. The van der Waals surface area contributed by atoms with Crippen LogP contribution in [0.5, 0.6) is 5.75 Å². The minimum Gasteiger partial charge on any atom is -0.426 e. The van der Waals surface area contributed by atoms with Crippen LogP contribution < -0.4 is 4.74 Å². The van der Waals surface area contributed by atoms with E-state index in [4.69, 9.17) is 4.74 Å². The highest BCUT2D eigenvalue weighted by atomic mass is 32.1. The molecule has 2 aromatic rings. The average Bonchev–Trinajstić information content (AvgIpc) is 3.43. The number of nitrogens with zero attached hydrogens (tertiary/aromatic N) is 1. The molecule has 0 N–H and O–H groups in total. The molecule has 0 fully saturated rings. The molecular weight excluding hydrogens is 474 g/mol. The van der Waals surface area contributed by atoms with E-state index < -0.39 is 0 Å². The molecule has 37 heavy (non-hydrogen) atoms. The van der Waals surface area contributed by atoms with Gasteiger partial charge >= 0.3 is 5.97 Å². The van der Waals surface area contributed by atoms with Crippen LogP contribution in [0.15, 0.2) is 35.7 Å². The van der Waals surface area contributed by atoms with Crippen LogP contribution in [0.1, 0.15) is 120 Å². The minimum atomic E-state index is -0.0602. The Morgan fingerprint density at radius 2 is 1.62 bits per heavy atom. The standard InChI is InChI=1S/C33H51NO2S/c1-3-5-6-7-8-9-10-11-12-13-14-20-33(35)36-32-19-15-17-28-27-29(21-22-31(28)32)34(24-4-2)25-23-30-18-16-26-37-30/h15-19,26,29H,3-14,20-25,27H2,1-2H3. The van der Waals surface area contributed by atoms with Crippen LogP contribution in [0, 0.1) is 0 Å². The fourth-order valence-corrected chi connectivity index (χ4v) is 6.44. The predicted octanol–water partition coefficient (Wildman–Crippen LogP) is 9.17. The van der Waals surface area contributed by atoms with Gasteiger partial charge < -0.3 is 4.74 Å². The SMILES string of the molecule is CCCCCCCCCCCCCC(=O)Oc1cccc2c1CCC(N(CCC)CCc1cccs1)C2. The monoisotopic (exact) mass is 525 g/mol. The van der Waals surface area contributed by atoms with Gasteiger partial charge in [-0.15, -0.1) is 11.3 Å². The second-order valence-corrected chi connectivity index (χ2v) is 11.9. The number of carbonyl (C=O) groups excluding carboxylic acids is 1. The first kappa shape index (κ1) is 29.9. The number of benzene rings is 1. The Hall–Kier alpha value is -1.65. The Kier molecular flexibility index (Phi) is 14.4. The van der Waals surface area contributed by atoms with Gasteiger partial charge in [0.2, 0.25) is 0 Å². The minimum absolute atomic E-state index is 0.0602. The number of rotatable bonds is 19. The third-order valence-electron chi connectivity index (χ3n) is 7.87. The zero-order valence-electron chi connectivity index (χ0n) is 23.6. The third kappa shape index (κ3) is 10.9. The molecule has 0 saturated carbocycles. The summed E-state index contributed by atoms with van der Waals surface area (Å²) in [6, 6.07) is 11.3. The summed E-state index contributed by atoms with van der Waals surface area (Å²) in [5.41, 5.74) is 2.63. The van der Waals surface area contributed by atoms with Crippen LogP contribution >= 0.6 is 11.3 Å². The van der Waals surface area contributed by atoms with Crippen molar-refractivity contribution in [3.63, 3.8) is 0 Å². The number of unbranched alkanes of at least 4 members (excludes halogenated alkanes) is 10. The smallest absolute Gasteiger partial charge is 0.311 e. The molecule has 1 aromatic carbocycles. The Morgan fingerprint density at radius 1 is 0.892 bits per heavy atom. The molecule has 1 unspecified atom stereocenters. The molecule has 3 rings (SSSR count). The summed E-state index contributed by atoms with van der Waals surface area (Å²) >= 11 is 1.86. The summed E-state index contributed by atoms with van der Waals surface area (Å²) in [7, 11) is 0. The molecule has 0 saturated heterocycles. The van der Waals surface area contributed by atoms with Gasteiger partial charge in [-0.05, 0) is 73.7 Å². The van der Waals surface area contributed by atoms with Gasteiger partial charge in [-0.3, -0.25) is 9.69 Å². The van der Waals surface area contributed by atoms with Crippen molar-refractivity contribution in [1.82, 2.24) is 4.90 Å². The third-order valence-corrected chi connectivity index (χ3v) is 8.81. The first-order valence-corrected chi connectivity index (χ1v) is 16.2. The van der Waals surface area contributed by atoms with Crippen molar-refractivity contribution in [3.05, 3.63) is 51.7 Å². The van der Waals surface area contributed by atoms with Crippen LogP contribution in [-0.2, 0) is 24.1 Å². The molecule has 0 spiro atoms. The molecular formula is C33H51NO2S. The molecule has 0 radical (unpaired) electrons. The Bertz CT molecular complexity index is 878. The van der Waals surface area contributed by atoms with Crippen molar-refractivity contribution in [1.29, 1.82) is 0 Å². The molecule has 4 heteroatoms. The second-order valence-electron chi connectivity index (χ2n) is 10.9. The van der Waals surface area contributed by atoms with E-state index in [2.05, 4.69) is 48.4 Å². The fourth-order valence-electron chi connectivity index (χ4n) is 5.74. The number of fused-ring (bicyclic) bond motifs is 1. The highest BCUT2D eigenvalue weighted by Gasteiger charge is 2.26. The zero-order chi connectivity index (χ0) is 26.1. The van der Waals surface area contributed by atoms with Crippen molar-refractivity contribution in [2.75, 3.05) is 13.1 Å². The number of hydrogen-bond donors (Lipinski definition) is 0. The maximum Gasteiger partial charge on any atom is 0.311 e. The highest BCUT2D eigenvalue weighted by molar-refractivity contribution is 7.09. The van der Waals surface area contributed by atoms with Crippen LogP contribution in [0.4, 0.5) is 0 Å². The van der Waals surface area contributed by atoms with Gasteiger partial charge in [-0.25, -0.2) is 0 Å². The van der Waals surface area contributed by atoms with Crippen molar-refractivity contribution >= 4 is 17.3 Å². The first-order chi connectivity index (χ1) is 18.2. The quantitative estimate of drug-likeness (QED) is 0.104. The lowest BCUT2D eigenvalue weighted by Gasteiger charge is -2.35. The molecule has 1 heterocycles. The van der Waals surface area contributed by atoms with Gasteiger partial charge in [0.1, 0.15) is 5.75 Å². The summed E-state index contributed by atoms with van der Waals surface area (Å²) < 4.78 is 5.89. The van der Waals surface area contributed by atoms with Gasteiger partial charge in [-0.2, -0.15) is 0 Å². The van der Waals surface area contributed by atoms with Gasteiger partial charge in [-0.1, -0.05) is 96.3 Å². The van der Waals surface area contributed by atoms with Crippen molar-refractivity contribution in [3.8, 4) is 5.75 Å². The summed E-state index contributed by atoms with van der Waals surface area (Å²) in [6.45, 7) is 6.83. The molecule has 0 amide bonds. The van der Waals surface area contributed by atoms with Gasteiger partial charge in [0.15, 0.2) is 0 Å². The van der Waals surface area contributed by atoms with Crippen LogP contribution in [0.2, 0.25) is 0 Å².